The van der Waals surface area contributed by atoms with Crippen LogP contribution in [-0.4, -0.2) is 57.1 Å². The number of hydrogen-bond acceptors (Lipinski definition) is 4. The van der Waals surface area contributed by atoms with Crippen molar-refractivity contribution in [2.45, 2.75) is 25.7 Å². The maximum absolute atomic E-state index is 11.7. The molecule has 1 amide bonds. The van der Waals surface area contributed by atoms with E-state index >= 15 is 0 Å². The van der Waals surface area contributed by atoms with Gasteiger partial charge in [-0.1, -0.05) is 0 Å². The fourth-order valence-electron chi connectivity index (χ4n) is 2.67. The van der Waals surface area contributed by atoms with Crippen LogP contribution >= 0.6 is 12.4 Å². The van der Waals surface area contributed by atoms with E-state index in [0.717, 1.165) is 19.5 Å². The molecular formula is C12H24ClN3O3S. The fourth-order valence-corrected chi connectivity index (χ4v) is 4.14. The minimum Gasteiger partial charge on any atom is -0.355 e. The van der Waals surface area contributed by atoms with Crippen LogP contribution in [0.4, 0.5) is 0 Å². The second kappa shape index (κ2) is 8.17. The zero-order valence-corrected chi connectivity index (χ0v) is 13.3. The first-order chi connectivity index (χ1) is 9.08. The zero-order chi connectivity index (χ0) is 13.7. The van der Waals surface area contributed by atoms with Crippen molar-refractivity contribution < 1.29 is 13.2 Å². The van der Waals surface area contributed by atoms with Gasteiger partial charge in [0.1, 0.15) is 0 Å². The Morgan fingerprint density at radius 3 is 2.75 bits per heavy atom. The van der Waals surface area contributed by atoms with Crippen molar-refractivity contribution >= 4 is 28.3 Å². The SMILES string of the molecule is Cl.O=C(CN1CCCS1(=O)=O)NCCC1CCCNC1. The second-order valence-corrected chi connectivity index (χ2v) is 7.44. The van der Waals surface area contributed by atoms with Crippen molar-refractivity contribution in [1.82, 2.24) is 14.9 Å². The summed E-state index contributed by atoms with van der Waals surface area (Å²) in [6.45, 7) is 3.21. The van der Waals surface area contributed by atoms with Gasteiger partial charge in [-0.3, -0.25) is 4.79 Å². The average molecular weight is 326 g/mol. The van der Waals surface area contributed by atoms with Gasteiger partial charge < -0.3 is 10.6 Å². The van der Waals surface area contributed by atoms with E-state index in [9.17, 15) is 13.2 Å². The van der Waals surface area contributed by atoms with Gasteiger partial charge in [0.15, 0.2) is 0 Å². The molecule has 118 valence electrons. The maximum atomic E-state index is 11.7. The molecule has 20 heavy (non-hydrogen) atoms. The Hall–Kier alpha value is -0.370. The van der Waals surface area contributed by atoms with Gasteiger partial charge in [0.05, 0.1) is 12.3 Å². The van der Waals surface area contributed by atoms with E-state index in [-0.39, 0.29) is 30.6 Å². The maximum Gasteiger partial charge on any atom is 0.235 e. The first kappa shape index (κ1) is 17.7. The summed E-state index contributed by atoms with van der Waals surface area (Å²) >= 11 is 0. The Morgan fingerprint density at radius 2 is 2.15 bits per heavy atom. The lowest BCUT2D eigenvalue weighted by molar-refractivity contribution is -0.121. The first-order valence-electron chi connectivity index (χ1n) is 7.03. The molecule has 0 aromatic carbocycles. The number of nitrogens with one attached hydrogen (secondary N) is 2. The van der Waals surface area contributed by atoms with Crippen molar-refractivity contribution in [2.75, 3.05) is 38.5 Å². The third kappa shape index (κ3) is 5.20. The van der Waals surface area contributed by atoms with Crippen LogP contribution in [0.15, 0.2) is 0 Å². The summed E-state index contributed by atoms with van der Waals surface area (Å²) in [6.07, 6.45) is 4.00. The predicted octanol–water partition coefficient (Wildman–Crippen LogP) is -0.0504. The molecule has 1 atom stereocenters. The molecular weight excluding hydrogens is 302 g/mol. The Morgan fingerprint density at radius 1 is 1.35 bits per heavy atom. The highest BCUT2D eigenvalue weighted by Gasteiger charge is 2.29. The molecule has 0 saturated carbocycles. The third-order valence-electron chi connectivity index (χ3n) is 3.80. The third-order valence-corrected chi connectivity index (χ3v) is 5.70. The Labute approximate surface area is 127 Å². The van der Waals surface area contributed by atoms with Crippen molar-refractivity contribution in [2.24, 2.45) is 5.92 Å². The average Bonchev–Trinajstić information content (AvgIpc) is 2.70. The Balaban J connectivity index is 0.00000200. The quantitative estimate of drug-likeness (QED) is 0.743. The monoisotopic (exact) mass is 325 g/mol. The van der Waals surface area contributed by atoms with Gasteiger partial charge >= 0.3 is 0 Å². The van der Waals surface area contributed by atoms with Crippen molar-refractivity contribution in [3.63, 3.8) is 0 Å². The van der Waals surface area contributed by atoms with E-state index in [2.05, 4.69) is 10.6 Å². The number of amides is 1. The molecule has 2 rings (SSSR count). The van der Waals surface area contributed by atoms with Gasteiger partial charge in [0, 0.05) is 13.1 Å². The number of halogens is 1. The summed E-state index contributed by atoms with van der Waals surface area (Å²) in [4.78, 5) is 11.7. The molecule has 0 bridgehead atoms. The molecule has 2 saturated heterocycles. The highest BCUT2D eigenvalue weighted by atomic mass is 35.5. The summed E-state index contributed by atoms with van der Waals surface area (Å²) in [5, 5.41) is 6.16. The standard InChI is InChI=1S/C12H23N3O3S.ClH/c16-12(10-15-7-2-8-19(15,17)18)14-6-4-11-3-1-5-13-9-11;/h11,13H,1-10H2,(H,14,16);1H. The van der Waals surface area contributed by atoms with E-state index in [1.54, 1.807) is 0 Å². The highest BCUT2D eigenvalue weighted by Crippen LogP contribution is 2.13. The zero-order valence-electron chi connectivity index (χ0n) is 11.6. The van der Waals surface area contributed by atoms with Crippen LogP contribution in [0.5, 0.6) is 0 Å². The van der Waals surface area contributed by atoms with Gasteiger partial charge in [0.25, 0.3) is 0 Å². The number of rotatable bonds is 5. The molecule has 1 unspecified atom stereocenters. The van der Waals surface area contributed by atoms with Crippen LogP contribution < -0.4 is 10.6 Å². The summed E-state index contributed by atoms with van der Waals surface area (Å²) in [5.41, 5.74) is 0. The Kier molecular flexibility index (Phi) is 7.22. The van der Waals surface area contributed by atoms with Crippen LogP contribution in [0.1, 0.15) is 25.7 Å². The summed E-state index contributed by atoms with van der Waals surface area (Å²) in [6, 6.07) is 0. The lowest BCUT2D eigenvalue weighted by atomic mass is 9.96. The second-order valence-electron chi connectivity index (χ2n) is 5.35. The molecule has 2 fully saturated rings. The highest BCUT2D eigenvalue weighted by molar-refractivity contribution is 7.89. The largest absolute Gasteiger partial charge is 0.355 e. The summed E-state index contributed by atoms with van der Waals surface area (Å²) in [7, 11) is -3.17. The summed E-state index contributed by atoms with van der Waals surface area (Å²) < 4.78 is 24.4. The van der Waals surface area contributed by atoms with Gasteiger partial charge in [-0.2, -0.15) is 4.31 Å². The lowest BCUT2D eigenvalue weighted by Crippen LogP contribution is -2.39. The number of carbonyl (C=O) groups is 1. The molecule has 2 N–H and O–H groups in total. The van der Waals surface area contributed by atoms with Crippen LogP contribution in [0.2, 0.25) is 0 Å². The molecule has 2 aliphatic rings. The summed E-state index contributed by atoms with van der Waals surface area (Å²) in [5.74, 6) is 0.618. The smallest absolute Gasteiger partial charge is 0.235 e. The van der Waals surface area contributed by atoms with Crippen molar-refractivity contribution in [3.05, 3.63) is 0 Å². The molecule has 2 aliphatic heterocycles. The number of hydrogen-bond donors (Lipinski definition) is 2. The van der Waals surface area contributed by atoms with E-state index in [0.29, 0.717) is 25.4 Å². The van der Waals surface area contributed by atoms with Crippen LogP contribution in [0, 0.1) is 5.92 Å². The van der Waals surface area contributed by atoms with Crippen LogP contribution in [0.3, 0.4) is 0 Å². The minimum absolute atomic E-state index is 0. The Bertz CT molecular complexity index is 410. The minimum atomic E-state index is -3.17. The fraction of sp³-hybridized carbons (Fsp3) is 0.917. The van der Waals surface area contributed by atoms with E-state index in [1.807, 2.05) is 0 Å². The van der Waals surface area contributed by atoms with E-state index in [4.69, 9.17) is 0 Å². The van der Waals surface area contributed by atoms with Gasteiger partial charge in [-0.05, 0) is 44.7 Å². The van der Waals surface area contributed by atoms with Crippen LogP contribution in [-0.2, 0) is 14.8 Å². The molecule has 0 spiro atoms. The van der Waals surface area contributed by atoms with Gasteiger partial charge in [-0.15, -0.1) is 12.4 Å². The molecule has 0 radical (unpaired) electrons. The lowest BCUT2D eigenvalue weighted by Gasteiger charge is -2.22. The number of carbonyl (C=O) groups excluding carboxylic acids is 1. The number of sulfonamides is 1. The van der Waals surface area contributed by atoms with Crippen molar-refractivity contribution in [3.8, 4) is 0 Å². The van der Waals surface area contributed by atoms with Crippen molar-refractivity contribution in [1.29, 1.82) is 0 Å². The number of nitrogens with zero attached hydrogens (tertiary/aromatic N) is 1. The van der Waals surface area contributed by atoms with Crippen LogP contribution in [0.25, 0.3) is 0 Å². The number of piperidine rings is 1. The van der Waals surface area contributed by atoms with Gasteiger partial charge in [-0.25, -0.2) is 8.42 Å². The first-order valence-corrected chi connectivity index (χ1v) is 8.64. The molecule has 0 aromatic heterocycles. The molecule has 0 aliphatic carbocycles. The molecule has 2 heterocycles. The molecule has 8 heteroatoms. The van der Waals surface area contributed by atoms with E-state index < -0.39 is 10.0 Å². The molecule has 0 aromatic rings. The molecule has 6 nitrogen and oxygen atoms in total. The predicted molar refractivity (Wildman–Crippen MR) is 80.4 cm³/mol. The normalized spacial score (nSPS) is 25.9. The van der Waals surface area contributed by atoms with E-state index in [1.165, 1.54) is 17.1 Å². The van der Waals surface area contributed by atoms with Gasteiger partial charge in [0.2, 0.25) is 15.9 Å². The topological polar surface area (TPSA) is 78.5 Å².